The van der Waals surface area contributed by atoms with Crippen LogP contribution in [-0.4, -0.2) is 56.7 Å². The zero-order valence-corrected chi connectivity index (χ0v) is 17.4. The van der Waals surface area contributed by atoms with Crippen LogP contribution >= 0.6 is 0 Å². The number of oxime groups is 1. The summed E-state index contributed by atoms with van der Waals surface area (Å²) < 4.78 is 32.4. The molecule has 8 nitrogen and oxygen atoms in total. The number of aryl methyl sites for hydroxylation is 1. The topological polar surface area (TPSA) is 97.3 Å². The fraction of sp³-hybridized carbons (Fsp3) is 0.333. The van der Waals surface area contributed by atoms with E-state index in [0.29, 0.717) is 44.1 Å². The molecule has 1 unspecified atom stereocenters. The maximum absolute atomic E-state index is 12.9. The highest BCUT2D eigenvalue weighted by atomic mass is 32.2. The molecule has 2 aromatic rings. The Morgan fingerprint density at radius 3 is 2.60 bits per heavy atom. The normalized spacial score (nSPS) is 19.8. The van der Waals surface area contributed by atoms with Crippen molar-refractivity contribution in [1.82, 2.24) is 4.31 Å². The first-order chi connectivity index (χ1) is 14.4. The molecule has 1 N–H and O–H groups in total. The van der Waals surface area contributed by atoms with Crippen LogP contribution in [0, 0.1) is 6.92 Å². The minimum Gasteiger partial charge on any atom is -0.382 e. The summed E-state index contributed by atoms with van der Waals surface area (Å²) in [6, 6.07) is 14.3. The van der Waals surface area contributed by atoms with Crippen LogP contribution in [0.1, 0.15) is 17.5 Å². The highest BCUT2D eigenvalue weighted by Gasteiger charge is 2.30. The second kappa shape index (κ2) is 8.55. The summed E-state index contributed by atoms with van der Waals surface area (Å²) in [6.45, 7) is 3.18. The van der Waals surface area contributed by atoms with Gasteiger partial charge in [0, 0.05) is 25.2 Å². The van der Waals surface area contributed by atoms with Gasteiger partial charge in [-0.25, -0.2) is 8.42 Å². The molecule has 0 spiro atoms. The molecule has 158 valence electrons. The molecule has 1 amide bonds. The van der Waals surface area contributed by atoms with Gasteiger partial charge in [0.25, 0.3) is 5.91 Å². The Labute approximate surface area is 175 Å². The standard InChI is InChI=1S/C21H23N3O5S/c1-15-7-8-17(30(26,27)24-9-11-28-12-10-24)13-18(15)22-21(25)20-14-19(23-29-20)16-5-3-2-4-6-16/h2-8,13,20H,9-12,14H2,1H3,(H,22,25). The number of carbonyl (C=O) groups is 1. The Hall–Kier alpha value is -2.75. The van der Waals surface area contributed by atoms with Crippen LogP contribution < -0.4 is 5.32 Å². The molecule has 30 heavy (non-hydrogen) atoms. The quantitative estimate of drug-likeness (QED) is 0.786. The number of nitrogens with zero attached hydrogens (tertiary/aromatic N) is 2. The molecule has 0 aliphatic carbocycles. The summed E-state index contributed by atoms with van der Waals surface area (Å²) in [5.74, 6) is -0.367. The van der Waals surface area contributed by atoms with Gasteiger partial charge in [0.1, 0.15) is 0 Å². The summed E-state index contributed by atoms with van der Waals surface area (Å²) in [5.41, 5.74) is 2.80. The van der Waals surface area contributed by atoms with Gasteiger partial charge in [-0.1, -0.05) is 41.6 Å². The number of rotatable bonds is 5. The summed E-state index contributed by atoms with van der Waals surface area (Å²) in [4.78, 5) is 18.2. The summed E-state index contributed by atoms with van der Waals surface area (Å²) >= 11 is 0. The molecule has 4 rings (SSSR count). The van der Waals surface area contributed by atoms with E-state index in [1.807, 2.05) is 37.3 Å². The van der Waals surface area contributed by atoms with Gasteiger partial charge in [-0.3, -0.25) is 4.79 Å². The van der Waals surface area contributed by atoms with Crippen LogP contribution in [0.5, 0.6) is 0 Å². The first-order valence-corrected chi connectivity index (χ1v) is 11.2. The molecule has 2 aliphatic rings. The molecule has 0 radical (unpaired) electrons. The number of benzene rings is 2. The molecule has 0 aromatic heterocycles. The van der Waals surface area contributed by atoms with Gasteiger partial charge in [-0.15, -0.1) is 0 Å². The van der Waals surface area contributed by atoms with E-state index < -0.39 is 16.1 Å². The Kier molecular flexibility index (Phi) is 5.85. The van der Waals surface area contributed by atoms with Crippen LogP contribution in [0.3, 0.4) is 0 Å². The summed E-state index contributed by atoms with van der Waals surface area (Å²) in [6.07, 6.45) is -0.417. The zero-order valence-electron chi connectivity index (χ0n) is 16.6. The number of anilines is 1. The minimum atomic E-state index is -3.65. The Morgan fingerprint density at radius 1 is 1.13 bits per heavy atom. The average Bonchev–Trinajstić information content (AvgIpc) is 3.27. The summed E-state index contributed by atoms with van der Waals surface area (Å²) in [5, 5.41) is 6.83. The molecule has 0 bridgehead atoms. The van der Waals surface area contributed by atoms with Gasteiger partial charge in [0.15, 0.2) is 0 Å². The molecule has 9 heteroatoms. The van der Waals surface area contributed by atoms with Crippen LogP contribution in [0.15, 0.2) is 58.6 Å². The minimum absolute atomic E-state index is 0.138. The van der Waals surface area contributed by atoms with E-state index in [9.17, 15) is 13.2 Å². The van der Waals surface area contributed by atoms with Crippen molar-refractivity contribution in [3.05, 3.63) is 59.7 Å². The first kappa shape index (κ1) is 20.5. The summed E-state index contributed by atoms with van der Waals surface area (Å²) in [7, 11) is -3.65. The third-order valence-electron chi connectivity index (χ3n) is 5.14. The second-order valence-corrected chi connectivity index (χ2v) is 9.12. The second-order valence-electron chi connectivity index (χ2n) is 7.18. The van der Waals surface area contributed by atoms with Crippen molar-refractivity contribution < 1.29 is 22.8 Å². The predicted octanol–water partition coefficient (Wildman–Crippen LogP) is 2.15. The fourth-order valence-electron chi connectivity index (χ4n) is 3.36. The molecule has 1 saturated heterocycles. The van der Waals surface area contributed by atoms with Crippen molar-refractivity contribution in [2.75, 3.05) is 31.6 Å². The number of sulfonamides is 1. The molecular formula is C21H23N3O5S. The number of hydrogen-bond donors (Lipinski definition) is 1. The molecule has 1 atom stereocenters. The van der Waals surface area contributed by atoms with Crippen molar-refractivity contribution in [1.29, 1.82) is 0 Å². The van der Waals surface area contributed by atoms with Gasteiger partial charge >= 0.3 is 0 Å². The smallest absolute Gasteiger partial charge is 0.268 e. The Bertz CT molecular complexity index is 1060. The van der Waals surface area contributed by atoms with Crippen LogP contribution in [0.25, 0.3) is 0 Å². The van der Waals surface area contributed by atoms with Gasteiger partial charge in [-0.05, 0) is 30.2 Å². The van der Waals surface area contributed by atoms with E-state index in [-0.39, 0.29) is 10.8 Å². The Morgan fingerprint density at radius 2 is 1.87 bits per heavy atom. The van der Waals surface area contributed by atoms with Crippen LogP contribution in [0.2, 0.25) is 0 Å². The van der Waals surface area contributed by atoms with Gasteiger partial charge < -0.3 is 14.9 Å². The lowest BCUT2D eigenvalue weighted by molar-refractivity contribution is -0.125. The molecule has 0 saturated carbocycles. The number of hydrogen-bond acceptors (Lipinski definition) is 6. The maximum Gasteiger partial charge on any atom is 0.268 e. The van der Waals surface area contributed by atoms with Gasteiger partial charge in [0.05, 0.1) is 23.8 Å². The van der Waals surface area contributed by atoms with Crippen LogP contribution in [-0.2, 0) is 24.4 Å². The molecule has 1 fully saturated rings. The van der Waals surface area contributed by atoms with E-state index in [1.165, 1.54) is 10.4 Å². The first-order valence-electron chi connectivity index (χ1n) is 9.73. The van der Waals surface area contributed by atoms with E-state index >= 15 is 0 Å². The number of ether oxygens (including phenoxy) is 1. The lowest BCUT2D eigenvalue weighted by Gasteiger charge is -2.26. The lowest BCUT2D eigenvalue weighted by atomic mass is 10.0. The van der Waals surface area contributed by atoms with Gasteiger partial charge in [0.2, 0.25) is 16.1 Å². The van der Waals surface area contributed by atoms with Crippen molar-refractivity contribution in [2.24, 2.45) is 5.16 Å². The number of carbonyl (C=O) groups excluding carboxylic acids is 1. The van der Waals surface area contributed by atoms with Gasteiger partial charge in [-0.2, -0.15) is 4.31 Å². The van der Waals surface area contributed by atoms with Crippen molar-refractivity contribution in [2.45, 2.75) is 24.3 Å². The van der Waals surface area contributed by atoms with E-state index in [2.05, 4.69) is 10.5 Å². The highest BCUT2D eigenvalue weighted by molar-refractivity contribution is 7.89. The van der Waals surface area contributed by atoms with Crippen molar-refractivity contribution in [3.63, 3.8) is 0 Å². The third-order valence-corrected chi connectivity index (χ3v) is 7.04. The van der Waals surface area contributed by atoms with Crippen LogP contribution in [0.4, 0.5) is 5.69 Å². The Balaban J connectivity index is 1.47. The van der Waals surface area contributed by atoms with E-state index in [0.717, 1.165) is 11.1 Å². The van der Waals surface area contributed by atoms with Crippen molar-refractivity contribution in [3.8, 4) is 0 Å². The molecule has 2 heterocycles. The zero-order chi connectivity index (χ0) is 21.1. The fourth-order valence-corrected chi connectivity index (χ4v) is 4.80. The molecule has 2 aliphatic heterocycles. The number of amides is 1. The predicted molar refractivity (Wildman–Crippen MR) is 112 cm³/mol. The molecular weight excluding hydrogens is 406 g/mol. The molecule has 2 aromatic carbocycles. The van der Waals surface area contributed by atoms with E-state index in [1.54, 1.807) is 12.1 Å². The third kappa shape index (κ3) is 4.23. The maximum atomic E-state index is 12.9. The SMILES string of the molecule is Cc1ccc(S(=O)(=O)N2CCOCC2)cc1NC(=O)C1CC(c2ccccc2)=NO1. The average molecular weight is 429 g/mol. The van der Waals surface area contributed by atoms with E-state index in [4.69, 9.17) is 9.57 Å². The van der Waals surface area contributed by atoms with Crippen molar-refractivity contribution >= 4 is 27.3 Å². The lowest BCUT2D eigenvalue weighted by Crippen LogP contribution is -2.40. The number of morpholine rings is 1. The highest BCUT2D eigenvalue weighted by Crippen LogP contribution is 2.25. The number of nitrogens with one attached hydrogen (secondary N) is 1. The largest absolute Gasteiger partial charge is 0.382 e. The monoisotopic (exact) mass is 429 g/mol.